The van der Waals surface area contributed by atoms with Crippen LogP contribution in [0.15, 0.2) is 23.3 Å². The van der Waals surface area contributed by atoms with Gasteiger partial charge in [0.1, 0.15) is 0 Å². The van der Waals surface area contributed by atoms with Crippen LogP contribution in [-0.4, -0.2) is 13.7 Å². The maximum atomic E-state index is 5.09. The lowest BCUT2D eigenvalue weighted by Gasteiger charge is -2.08. The molecule has 0 N–H and O–H groups in total. The molecule has 0 saturated heterocycles. The fourth-order valence-electron chi connectivity index (χ4n) is 2.66. The van der Waals surface area contributed by atoms with Gasteiger partial charge in [0.15, 0.2) is 0 Å². The molecule has 0 bridgehead atoms. The molecule has 14 heavy (non-hydrogen) atoms. The first-order chi connectivity index (χ1) is 6.90. The normalized spacial score (nSPS) is 25.6. The second kappa shape index (κ2) is 4.79. The Kier molecular flexibility index (Phi) is 3.41. The summed E-state index contributed by atoms with van der Waals surface area (Å²) >= 11 is 0. The van der Waals surface area contributed by atoms with E-state index in [1.165, 1.54) is 38.5 Å². The van der Waals surface area contributed by atoms with Crippen LogP contribution >= 0.6 is 0 Å². The maximum absolute atomic E-state index is 5.09. The number of ether oxygens (including phenoxy) is 1. The Bertz CT molecular complexity index is 250. The second-order valence-corrected chi connectivity index (χ2v) is 4.48. The van der Waals surface area contributed by atoms with Crippen LogP contribution in [0.2, 0.25) is 0 Å². The molecule has 0 aromatic heterocycles. The zero-order valence-corrected chi connectivity index (χ0v) is 9.09. The van der Waals surface area contributed by atoms with E-state index in [0.717, 1.165) is 12.5 Å². The number of hydrogen-bond acceptors (Lipinski definition) is 1. The van der Waals surface area contributed by atoms with Crippen molar-refractivity contribution in [1.29, 1.82) is 0 Å². The van der Waals surface area contributed by atoms with Crippen LogP contribution in [0, 0.1) is 5.92 Å². The first-order valence-electron chi connectivity index (χ1n) is 5.76. The smallest absolute Gasteiger partial charge is 0.0462 e. The van der Waals surface area contributed by atoms with Crippen LogP contribution in [0.3, 0.4) is 0 Å². The van der Waals surface area contributed by atoms with Crippen molar-refractivity contribution in [2.45, 2.75) is 38.5 Å². The zero-order valence-electron chi connectivity index (χ0n) is 9.09. The van der Waals surface area contributed by atoms with Crippen LogP contribution in [0.25, 0.3) is 0 Å². The molecule has 0 spiro atoms. The summed E-state index contributed by atoms with van der Waals surface area (Å²) in [4.78, 5) is 0. The molecule has 0 saturated carbocycles. The van der Waals surface area contributed by atoms with E-state index in [1.807, 2.05) is 0 Å². The van der Waals surface area contributed by atoms with E-state index < -0.39 is 0 Å². The Morgan fingerprint density at radius 3 is 3.14 bits per heavy atom. The molecule has 2 aliphatic carbocycles. The molecule has 1 unspecified atom stereocenters. The van der Waals surface area contributed by atoms with Crippen molar-refractivity contribution < 1.29 is 4.74 Å². The molecule has 0 aromatic carbocycles. The number of hydrogen-bond donors (Lipinski definition) is 0. The molecule has 0 amide bonds. The van der Waals surface area contributed by atoms with Gasteiger partial charge in [0.05, 0.1) is 0 Å². The van der Waals surface area contributed by atoms with E-state index in [4.69, 9.17) is 4.74 Å². The summed E-state index contributed by atoms with van der Waals surface area (Å²) in [6.45, 7) is 0.928. The van der Waals surface area contributed by atoms with Crippen molar-refractivity contribution in [3.05, 3.63) is 23.3 Å². The monoisotopic (exact) mass is 192 g/mol. The van der Waals surface area contributed by atoms with Gasteiger partial charge in [-0.3, -0.25) is 0 Å². The van der Waals surface area contributed by atoms with Crippen LogP contribution in [0.5, 0.6) is 0 Å². The highest BCUT2D eigenvalue weighted by Crippen LogP contribution is 2.39. The third-order valence-electron chi connectivity index (χ3n) is 3.39. The van der Waals surface area contributed by atoms with E-state index in [1.54, 1.807) is 18.3 Å². The lowest BCUT2D eigenvalue weighted by Crippen LogP contribution is -1.98. The van der Waals surface area contributed by atoms with E-state index in [9.17, 15) is 0 Å². The minimum Gasteiger partial charge on any atom is -0.385 e. The summed E-state index contributed by atoms with van der Waals surface area (Å²) in [5.74, 6) is 0.915. The van der Waals surface area contributed by atoms with Gasteiger partial charge in [-0.2, -0.15) is 0 Å². The Hall–Kier alpha value is -0.560. The number of allylic oxidation sites excluding steroid dienone is 4. The first-order valence-corrected chi connectivity index (χ1v) is 5.76. The van der Waals surface area contributed by atoms with Crippen molar-refractivity contribution in [3.63, 3.8) is 0 Å². The van der Waals surface area contributed by atoms with Crippen LogP contribution < -0.4 is 0 Å². The largest absolute Gasteiger partial charge is 0.385 e. The average Bonchev–Trinajstić information content (AvgIpc) is 2.60. The van der Waals surface area contributed by atoms with Gasteiger partial charge >= 0.3 is 0 Å². The molecule has 2 aliphatic rings. The Morgan fingerprint density at radius 2 is 2.36 bits per heavy atom. The minimum absolute atomic E-state index is 0.915. The summed E-state index contributed by atoms with van der Waals surface area (Å²) in [5.41, 5.74) is 3.40. The standard InChI is InChI=1S/C13H20O/c1-14-8-4-5-11-9-12-6-2-3-7-13(12)10-11/h2,6,11H,3-5,7-10H2,1H3. The van der Waals surface area contributed by atoms with Gasteiger partial charge in [0, 0.05) is 13.7 Å². The summed E-state index contributed by atoms with van der Waals surface area (Å²) in [7, 11) is 1.79. The predicted octanol–water partition coefficient (Wildman–Crippen LogP) is 3.47. The quantitative estimate of drug-likeness (QED) is 0.620. The highest BCUT2D eigenvalue weighted by molar-refractivity contribution is 5.33. The second-order valence-electron chi connectivity index (χ2n) is 4.48. The predicted molar refractivity (Wildman–Crippen MR) is 59.2 cm³/mol. The van der Waals surface area contributed by atoms with E-state index >= 15 is 0 Å². The Balaban J connectivity index is 1.77. The molecular weight excluding hydrogens is 172 g/mol. The van der Waals surface area contributed by atoms with Crippen molar-refractivity contribution in [1.82, 2.24) is 0 Å². The molecule has 0 fully saturated rings. The third kappa shape index (κ3) is 2.27. The Morgan fingerprint density at radius 1 is 1.43 bits per heavy atom. The molecule has 78 valence electrons. The molecule has 2 rings (SSSR count). The SMILES string of the molecule is COCCCC1CC2=C(CCC=C2)C1. The van der Waals surface area contributed by atoms with Crippen LogP contribution in [-0.2, 0) is 4.74 Å². The molecule has 1 atom stereocenters. The molecule has 1 heteroatoms. The van der Waals surface area contributed by atoms with E-state index in [0.29, 0.717) is 0 Å². The van der Waals surface area contributed by atoms with Crippen molar-refractivity contribution in [2.75, 3.05) is 13.7 Å². The van der Waals surface area contributed by atoms with Crippen LogP contribution in [0.4, 0.5) is 0 Å². The molecule has 0 aliphatic heterocycles. The van der Waals surface area contributed by atoms with Crippen LogP contribution in [0.1, 0.15) is 38.5 Å². The zero-order chi connectivity index (χ0) is 9.80. The summed E-state index contributed by atoms with van der Waals surface area (Å²) < 4.78 is 5.09. The van der Waals surface area contributed by atoms with Gasteiger partial charge in [-0.05, 0) is 50.0 Å². The Labute approximate surface area is 86.8 Å². The van der Waals surface area contributed by atoms with E-state index in [-0.39, 0.29) is 0 Å². The number of methoxy groups -OCH3 is 1. The van der Waals surface area contributed by atoms with Gasteiger partial charge in [-0.25, -0.2) is 0 Å². The lowest BCUT2D eigenvalue weighted by molar-refractivity contribution is 0.187. The number of rotatable bonds is 4. The van der Waals surface area contributed by atoms with Crippen molar-refractivity contribution >= 4 is 0 Å². The first kappa shape index (κ1) is 9.97. The lowest BCUT2D eigenvalue weighted by atomic mass is 9.98. The maximum Gasteiger partial charge on any atom is 0.0462 e. The summed E-state index contributed by atoms with van der Waals surface area (Å²) in [5, 5.41) is 0. The van der Waals surface area contributed by atoms with Gasteiger partial charge in [-0.1, -0.05) is 17.7 Å². The van der Waals surface area contributed by atoms with Crippen molar-refractivity contribution in [3.8, 4) is 0 Å². The molecule has 0 radical (unpaired) electrons. The minimum atomic E-state index is 0.915. The van der Waals surface area contributed by atoms with Gasteiger partial charge < -0.3 is 4.74 Å². The highest BCUT2D eigenvalue weighted by Gasteiger charge is 2.22. The molecule has 1 nitrogen and oxygen atoms in total. The highest BCUT2D eigenvalue weighted by atomic mass is 16.5. The van der Waals surface area contributed by atoms with Gasteiger partial charge in [0.25, 0.3) is 0 Å². The average molecular weight is 192 g/mol. The van der Waals surface area contributed by atoms with Gasteiger partial charge in [0.2, 0.25) is 0 Å². The fraction of sp³-hybridized carbons (Fsp3) is 0.692. The molecule has 0 heterocycles. The molecular formula is C13H20O. The fourth-order valence-corrected chi connectivity index (χ4v) is 2.66. The third-order valence-corrected chi connectivity index (χ3v) is 3.39. The van der Waals surface area contributed by atoms with E-state index in [2.05, 4.69) is 12.2 Å². The molecule has 0 aromatic rings. The van der Waals surface area contributed by atoms with Gasteiger partial charge in [-0.15, -0.1) is 0 Å². The van der Waals surface area contributed by atoms with Crippen molar-refractivity contribution in [2.24, 2.45) is 5.92 Å². The topological polar surface area (TPSA) is 9.23 Å². The summed E-state index contributed by atoms with van der Waals surface area (Å²) in [6, 6.07) is 0. The summed E-state index contributed by atoms with van der Waals surface area (Å²) in [6.07, 6.45) is 12.5.